The van der Waals surface area contributed by atoms with Gasteiger partial charge in [0, 0.05) is 12.1 Å². The standard InChI is InChI=1S/C17H17ClN4O4S/c18-15-11(8-12(23)24)21-17(27-15)22-16(26)20-10-6-3-7-19-13(10)14(25)9-4-1-2-5-9/h3,6-7,9H,1-2,4-5,8H2,(H,23,24)(H2,20,21,22,26). The predicted molar refractivity (Wildman–Crippen MR) is 102 cm³/mol. The number of anilines is 2. The van der Waals surface area contributed by atoms with E-state index in [1.165, 1.54) is 6.20 Å². The molecular formula is C17H17ClN4O4S. The van der Waals surface area contributed by atoms with Crippen LogP contribution in [0.3, 0.4) is 0 Å². The number of rotatable bonds is 6. The van der Waals surface area contributed by atoms with E-state index in [0.29, 0.717) is 5.69 Å². The molecule has 0 aliphatic heterocycles. The lowest BCUT2D eigenvalue weighted by atomic mass is 9.99. The van der Waals surface area contributed by atoms with Crippen molar-refractivity contribution in [2.24, 2.45) is 5.92 Å². The average molecular weight is 409 g/mol. The highest BCUT2D eigenvalue weighted by molar-refractivity contribution is 7.19. The van der Waals surface area contributed by atoms with Crippen molar-refractivity contribution in [1.29, 1.82) is 0 Å². The molecule has 0 spiro atoms. The van der Waals surface area contributed by atoms with Crippen molar-refractivity contribution in [2.45, 2.75) is 32.1 Å². The first-order valence-corrected chi connectivity index (χ1v) is 9.57. The number of carbonyl (C=O) groups is 3. The first-order chi connectivity index (χ1) is 12.9. The van der Waals surface area contributed by atoms with Crippen molar-refractivity contribution in [3.8, 4) is 0 Å². The number of hydrogen-bond donors (Lipinski definition) is 3. The fourth-order valence-corrected chi connectivity index (χ4v) is 4.01. The topological polar surface area (TPSA) is 121 Å². The number of halogens is 1. The summed E-state index contributed by atoms with van der Waals surface area (Å²) in [6.45, 7) is 0. The minimum atomic E-state index is -1.07. The first kappa shape index (κ1) is 19.2. The number of Topliss-reactive ketones (excluding diaryl/α,β-unsaturated/α-hetero) is 1. The molecule has 0 bridgehead atoms. The number of nitrogens with one attached hydrogen (secondary N) is 2. The van der Waals surface area contributed by atoms with Gasteiger partial charge in [-0.1, -0.05) is 35.8 Å². The smallest absolute Gasteiger partial charge is 0.325 e. The number of ketones is 1. The third kappa shape index (κ3) is 4.81. The molecule has 0 unspecified atom stereocenters. The number of aliphatic carboxylic acids is 1. The number of aromatic nitrogens is 2. The monoisotopic (exact) mass is 408 g/mol. The van der Waals surface area contributed by atoms with Crippen LogP contribution in [0.5, 0.6) is 0 Å². The van der Waals surface area contributed by atoms with Crippen LogP contribution in [0.25, 0.3) is 0 Å². The van der Waals surface area contributed by atoms with Crippen LogP contribution in [0.1, 0.15) is 41.9 Å². The van der Waals surface area contributed by atoms with Gasteiger partial charge < -0.3 is 10.4 Å². The Hall–Kier alpha value is -2.52. The summed E-state index contributed by atoms with van der Waals surface area (Å²) in [5.41, 5.74) is 0.742. The molecule has 0 saturated heterocycles. The average Bonchev–Trinajstić information content (AvgIpc) is 3.25. The molecule has 3 rings (SSSR count). The Morgan fingerprint density at radius 3 is 2.70 bits per heavy atom. The Kier molecular flexibility index (Phi) is 6.02. The largest absolute Gasteiger partial charge is 0.481 e. The highest BCUT2D eigenvalue weighted by Crippen LogP contribution is 2.30. The molecule has 2 heterocycles. The van der Waals surface area contributed by atoms with Crippen LogP contribution in [0, 0.1) is 5.92 Å². The number of pyridine rings is 1. The van der Waals surface area contributed by atoms with E-state index < -0.39 is 12.0 Å². The molecule has 1 saturated carbocycles. The van der Waals surface area contributed by atoms with Gasteiger partial charge in [0.1, 0.15) is 10.0 Å². The third-order valence-corrected chi connectivity index (χ3v) is 5.46. The molecule has 10 heteroatoms. The van der Waals surface area contributed by atoms with Crippen molar-refractivity contribution < 1.29 is 19.5 Å². The van der Waals surface area contributed by atoms with Gasteiger partial charge in [-0.05, 0) is 25.0 Å². The summed E-state index contributed by atoms with van der Waals surface area (Å²) in [5, 5.41) is 14.1. The number of thiazole rings is 1. The molecule has 2 aromatic rings. The van der Waals surface area contributed by atoms with Crippen molar-refractivity contribution in [3.63, 3.8) is 0 Å². The van der Waals surface area contributed by atoms with E-state index in [1.54, 1.807) is 12.1 Å². The zero-order valence-electron chi connectivity index (χ0n) is 14.2. The third-order valence-electron chi connectivity index (χ3n) is 4.20. The number of nitrogens with zero attached hydrogens (tertiary/aromatic N) is 2. The molecular weight excluding hydrogens is 392 g/mol. The summed E-state index contributed by atoms with van der Waals surface area (Å²) in [5.74, 6) is -1.19. The first-order valence-electron chi connectivity index (χ1n) is 8.38. The van der Waals surface area contributed by atoms with Crippen LogP contribution in [0.2, 0.25) is 4.34 Å². The zero-order valence-corrected chi connectivity index (χ0v) is 15.8. The SMILES string of the molecule is O=C(O)Cc1nc(NC(=O)Nc2cccnc2C(=O)C2CCCC2)sc1Cl. The maximum absolute atomic E-state index is 12.6. The molecule has 142 valence electrons. The number of hydrogen-bond acceptors (Lipinski definition) is 6. The fourth-order valence-electron chi connectivity index (χ4n) is 2.97. The highest BCUT2D eigenvalue weighted by atomic mass is 35.5. The van der Waals surface area contributed by atoms with E-state index in [9.17, 15) is 14.4 Å². The highest BCUT2D eigenvalue weighted by Gasteiger charge is 2.27. The quantitative estimate of drug-likeness (QED) is 0.624. The van der Waals surface area contributed by atoms with Gasteiger partial charge in [-0.15, -0.1) is 0 Å². The van der Waals surface area contributed by atoms with Crippen molar-refractivity contribution in [1.82, 2.24) is 9.97 Å². The number of carboxylic acid groups (broad SMARTS) is 1. The van der Waals surface area contributed by atoms with E-state index >= 15 is 0 Å². The molecule has 1 aliphatic rings. The second-order valence-corrected chi connectivity index (χ2v) is 7.74. The van der Waals surface area contributed by atoms with Gasteiger partial charge in [0.05, 0.1) is 17.8 Å². The van der Waals surface area contributed by atoms with Gasteiger partial charge in [0.15, 0.2) is 10.9 Å². The van der Waals surface area contributed by atoms with Gasteiger partial charge in [0.25, 0.3) is 0 Å². The van der Waals surface area contributed by atoms with E-state index in [-0.39, 0.29) is 39.0 Å². The van der Waals surface area contributed by atoms with Crippen LogP contribution in [-0.4, -0.2) is 32.9 Å². The van der Waals surface area contributed by atoms with E-state index in [2.05, 4.69) is 20.6 Å². The number of urea groups is 1. The molecule has 0 atom stereocenters. The lowest BCUT2D eigenvalue weighted by Crippen LogP contribution is -2.23. The van der Waals surface area contributed by atoms with Crippen LogP contribution in [0.15, 0.2) is 18.3 Å². The van der Waals surface area contributed by atoms with E-state index in [1.807, 2.05) is 0 Å². The molecule has 2 aromatic heterocycles. The van der Waals surface area contributed by atoms with Crippen molar-refractivity contribution >= 4 is 51.5 Å². The Labute approximate surface area is 164 Å². The molecule has 8 nitrogen and oxygen atoms in total. The number of carbonyl (C=O) groups excluding carboxylic acids is 2. The summed E-state index contributed by atoms with van der Waals surface area (Å²) in [7, 11) is 0. The Balaban J connectivity index is 1.69. The molecule has 1 fully saturated rings. The van der Waals surface area contributed by atoms with Crippen LogP contribution < -0.4 is 10.6 Å². The summed E-state index contributed by atoms with van der Waals surface area (Å²) in [6, 6.07) is 2.63. The summed E-state index contributed by atoms with van der Waals surface area (Å²) in [4.78, 5) is 43.8. The summed E-state index contributed by atoms with van der Waals surface area (Å²) >= 11 is 6.90. The second-order valence-electron chi connectivity index (χ2n) is 6.13. The minimum Gasteiger partial charge on any atom is -0.481 e. The van der Waals surface area contributed by atoms with Gasteiger partial charge in [-0.2, -0.15) is 0 Å². The summed E-state index contributed by atoms with van der Waals surface area (Å²) < 4.78 is 0.200. The van der Waals surface area contributed by atoms with E-state index in [0.717, 1.165) is 37.0 Å². The fraction of sp³-hybridized carbons (Fsp3) is 0.353. The van der Waals surface area contributed by atoms with Gasteiger partial charge >= 0.3 is 12.0 Å². The normalized spacial score (nSPS) is 14.1. The number of carboxylic acids is 1. The Bertz CT molecular complexity index is 880. The zero-order chi connectivity index (χ0) is 19.4. The molecule has 3 N–H and O–H groups in total. The minimum absolute atomic E-state index is 0.0557. The lowest BCUT2D eigenvalue weighted by Gasteiger charge is -2.12. The van der Waals surface area contributed by atoms with Crippen LogP contribution in [-0.2, 0) is 11.2 Å². The van der Waals surface area contributed by atoms with Gasteiger partial charge in [0.2, 0.25) is 0 Å². The molecule has 1 aliphatic carbocycles. The second kappa shape index (κ2) is 8.45. The number of amides is 2. The molecule has 0 aromatic carbocycles. The van der Waals surface area contributed by atoms with Crippen molar-refractivity contribution in [3.05, 3.63) is 34.1 Å². The van der Waals surface area contributed by atoms with Gasteiger partial charge in [-0.25, -0.2) is 9.78 Å². The molecule has 0 radical (unpaired) electrons. The van der Waals surface area contributed by atoms with E-state index in [4.69, 9.17) is 16.7 Å². The van der Waals surface area contributed by atoms with Crippen LogP contribution >= 0.6 is 22.9 Å². The lowest BCUT2D eigenvalue weighted by molar-refractivity contribution is -0.136. The van der Waals surface area contributed by atoms with Crippen molar-refractivity contribution in [2.75, 3.05) is 10.6 Å². The maximum atomic E-state index is 12.6. The van der Waals surface area contributed by atoms with Gasteiger partial charge in [-0.3, -0.25) is 19.9 Å². The Morgan fingerprint density at radius 2 is 2.00 bits per heavy atom. The summed E-state index contributed by atoms with van der Waals surface area (Å²) in [6.07, 6.45) is 4.91. The van der Waals surface area contributed by atoms with Crippen LogP contribution in [0.4, 0.5) is 15.6 Å². The predicted octanol–water partition coefficient (Wildman–Crippen LogP) is 3.84. The Morgan fingerprint density at radius 1 is 1.26 bits per heavy atom. The molecule has 2 amide bonds. The maximum Gasteiger partial charge on any atom is 0.325 e. The molecule has 27 heavy (non-hydrogen) atoms.